The van der Waals surface area contributed by atoms with Crippen molar-refractivity contribution < 1.29 is 22.7 Å². The number of rotatable bonds is 6. The molecule has 0 aliphatic carbocycles. The number of nitrogens with one attached hydrogen (secondary N) is 1. The molecule has 0 unspecified atom stereocenters. The lowest BCUT2D eigenvalue weighted by atomic mass is 10.0. The SMILES string of the molecule is CSCC[C@@H](Cc1cc(F)c(F)cc1F)NC(=O)OC(C)(C)C. The van der Waals surface area contributed by atoms with Gasteiger partial charge in [0.15, 0.2) is 11.6 Å². The first-order chi connectivity index (χ1) is 10.6. The summed E-state index contributed by atoms with van der Waals surface area (Å²) in [5.74, 6) is -2.44. The van der Waals surface area contributed by atoms with Crippen LogP contribution in [-0.4, -0.2) is 29.7 Å². The molecule has 0 saturated carbocycles. The molecule has 1 aromatic carbocycles. The Morgan fingerprint density at radius 2 is 1.83 bits per heavy atom. The van der Waals surface area contributed by atoms with E-state index in [0.717, 1.165) is 11.8 Å². The third-order valence-electron chi connectivity index (χ3n) is 2.95. The first-order valence-electron chi connectivity index (χ1n) is 7.24. The molecular weight excluding hydrogens is 327 g/mol. The van der Waals surface area contributed by atoms with Gasteiger partial charge in [0, 0.05) is 12.1 Å². The van der Waals surface area contributed by atoms with Crippen molar-refractivity contribution in [1.82, 2.24) is 5.32 Å². The Kier molecular flexibility index (Phi) is 7.25. The van der Waals surface area contributed by atoms with E-state index in [-0.39, 0.29) is 12.0 Å². The van der Waals surface area contributed by atoms with Crippen molar-refractivity contribution >= 4 is 17.9 Å². The summed E-state index contributed by atoms with van der Waals surface area (Å²) in [6.07, 6.45) is 1.90. The van der Waals surface area contributed by atoms with E-state index in [1.807, 2.05) is 6.26 Å². The summed E-state index contributed by atoms with van der Waals surface area (Å²) in [6, 6.07) is 0.911. The largest absolute Gasteiger partial charge is 0.444 e. The number of carbonyl (C=O) groups is 1. The second kappa shape index (κ2) is 8.47. The average Bonchev–Trinajstić information content (AvgIpc) is 2.39. The minimum absolute atomic E-state index is 0.0195. The highest BCUT2D eigenvalue weighted by molar-refractivity contribution is 7.98. The lowest BCUT2D eigenvalue weighted by Gasteiger charge is -2.24. The van der Waals surface area contributed by atoms with Crippen LogP contribution in [0.4, 0.5) is 18.0 Å². The lowest BCUT2D eigenvalue weighted by Crippen LogP contribution is -2.40. The third kappa shape index (κ3) is 7.16. The molecule has 0 aliphatic rings. The van der Waals surface area contributed by atoms with Crippen LogP contribution in [0.2, 0.25) is 0 Å². The highest BCUT2D eigenvalue weighted by Gasteiger charge is 2.21. The minimum Gasteiger partial charge on any atom is -0.444 e. The van der Waals surface area contributed by atoms with Crippen molar-refractivity contribution in [1.29, 1.82) is 0 Å². The number of carbonyl (C=O) groups excluding carboxylic acids is 1. The zero-order chi connectivity index (χ0) is 17.6. The smallest absolute Gasteiger partial charge is 0.407 e. The van der Waals surface area contributed by atoms with E-state index in [4.69, 9.17) is 4.74 Å². The van der Waals surface area contributed by atoms with Crippen molar-refractivity contribution in [3.05, 3.63) is 35.1 Å². The Morgan fingerprint density at radius 3 is 2.39 bits per heavy atom. The molecular formula is C16H22F3NO2S. The molecule has 1 atom stereocenters. The van der Waals surface area contributed by atoms with Gasteiger partial charge in [-0.1, -0.05) is 0 Å². The fourth-order valence-electron chi connectivity index (χ4n) is 1.95. The fourth-order valence-corrected chi connectivity index (χ4v) is 2.47. The molecule has 1 amide bonds. The normalized spacial score (nSPS) is 12.8. The van der Waals surface area contributed by atoms with Gasteiger partial charge in [-0.2, -0.15) is 11.8 Å². The van der Waals surface area contributed by atoms with E-state index in [1.165, 1.54) is 0 Å². The number of hydrogen-bond donors (Lipinski definition) is 1. The summed E-state index contributed by atoms with van der Waals surface area (Å²) in [5, 5.41) is 2.66. The molecule has 0 bridgehead atoms. The Bertz CT molecular complexity index is 547. The van der Waals surface area contributed by atoms with E-state index < -0.39 is 35.2 Å². The van der Waals surface area contributed by atoms with Crippen molar-refractivity contribution in [3.63, 3.8) is 0 Å². The van der Waals surface area contributed by atoms with Gasteiger partial charge in [0.05, 0.1) is 0 Å². The van der Waals surface area contributed by atoms with E-state index in [2.05, 4.69) is 5.32 Å². The van der Waals surface area contributed by atoms with Gasteiger partial charge in [-0.3, -0.25) is 0 Å². The number of thioether (sulfide) groups is 1. The summed E-state index contributed by atoms with van der Waals surface area (Å²) in [4.78, 5) is 11.9. The van der Waals surface area contributed by atoms with Gasteiger partial charge in [0.2, 0.25) is 0 Å². The summed E-state index contributed by atoms with van der Waals surface area (Å²) in [5.41, 5.74) is -0.632. The van der Waals surface area contributed by atoms with E-state index in [1.54, 1.807) is 32.5 Å². The van der Waals surface area contributed by atoms with Gasteiger partial charge < -0.3 is 10.1 Å². The van der Waals surface area contributed by atoms with Gasteiger partial charge in [-0.25, -0.2) is 18.0 Å². The van der Waals surface area contributed by atoms with Crippen LogP contribution < -0.4 is 5.32 Å². The van der Waals surface area contributed by atoms with E-state index in [0.29, 0.717) is 12.5 Å². The predicted octanol–water partition coefficient (Wildman–Crippen LogP) is 4.29. The lowest BCUT2D eigenvalue weighted by molar-refractivity contribution is 0.0503. The Morgan fingerprint density at radius 1 is 1.22 bits per heavy atom. The Balaban J connectivity index is 2.82. The van der Waals surface area contributed by atoms with E-state index in [9.17, 15) is 18.0 Å². The Labute approximate surface area is 139 Å². The second-order valence-corrected chi connectivity index (χ2v) is 7.17. The number of alkyl carbamates (subject to hydrolysis) is 1. The molecule has 0 spiro atoms. The molecule has 0 aliphatic heterocycles. The van der Waals surface area contributed by atoms with Crippen LogP contribution in [0, 0.1) is 17.5 Å². The maximum Gasteiger partial charge on any atom is 0.407 e. The van der Waals surface area contributed by atoms with Crippen LogP contribution in [0.25, 0.3) is 0 Å². The van der Waals surface area contributed by atoms with Crippen LogP contribution in [-0.2, 0) is 11.2 Å². The maximum absolute atomic E-state index is 13.8. The third-order valence-corrected chi connectivity index (χ3v) is 3.59. The molecule has 1 aromatic rings. The summed E-state index contributed by atoms with van der Waals surface area (Å²) in [6.45, 7) is 5.20. The number of hydrogen-bond acceptors (Lipinski definition) is 3. The van der Waals surface area contributed by atoms with Gasteiger partial charge in [0.25, 0.3) is 0 Å². The second-order valence-electron chi connectivity index (χ2n) is 6.19. The number of halogens is 3. The summed E-state index contributed by atoms with van der Waals surface area (Å²) in [7, 11) is 0. The number of benzene rings is 1. The summed E-state index contributed by atoms with van der Waals surface area (Å²) < 4.78 is 45.2. The van der Waals surface area contributed by atoms with Crippen LogP contribution >= 0.6 is 11.8 Å². The molecule has 1 N–H and O–H groups in total. The van der Waals surface area contributed by atoms with Crippen LogP contribution in [0.1, 0.15) is 32.8 Å². The van der Waals surface area contributed by atoms with E-state index >= 15 is 0 Å². The van der Waals surface area contributed by atoms with Crippen LogP contribution in [0.15, 0.2) is 12.1 Å². The van der Waals surface area contributed by atoms with Crippen molar-refractivity contribution in [2.45, 2.75) is 45.3 Å². The monoisotopic (exact) mass is 349 g/mol. The van der Waals surface area contributed by atoms with Crippen molar-refractivity contribution in [3.8, 4) is 0 Å². The predicted molar refractivity (Wildman–Crippen MR) is 86.2 cm³/mol. The van der Waals surface area contributed by atoms with Crippen molar-refractivity contribution in [2.24, 2.45) is 0 Å². The Hall–Kier alpha value is -1.37. The number of ether oxygens (including phenoxy) is 1. The quantitative estimate of drug-likeness (QED) is 0.779. The highest BCUT2D eigenvalue weighted by Crippen LogP contribution is 2.17. The summed E-state index contributed by atoms with van der Waals surface area (Å²) >= 11 is 1.57. The zero-order valence-electron chi connectivity index (χ0n) is 13.7. The molecule has 0 fully saturated rings. The standard InChI is InChI=1S/C16H22F3NO2S/c1-16(2,3)22-15(21)20-11(5-6-23-4)7-10-8-13(18)14(19)9-12(10)17/h8-9,11H,5-7H2,1-4H3,(H,20,21)/t11-/m0/s1. The first kappa shape index (κ1) is 19.7. The minimum atomic E-state index is -1.23. The zero-order valence-corrected chi connectivity index (χ0v) is 14.5. The molecule has 0 radical (unpaired) electrons. The topological polar surface area (TPSA) is 38.3 Å². The molecule has 1 rings (SSSR count). The highest BCUT2D eigenvalue weighted by atomic mass is 32.2. The molecule has 130 valence electrons. The van der Waals surface area contributed by atoms with Gasteiger partial charge in [-0.15, -0.1) is 0 Å². The molecule has 0 aromatic heterocycles. The molecule has 7 heteroatoms. The maximum atomic E-state index is 13.8. The molecule has 0 heterocycles. The van der Waals surface area contributed by atoms with Crippen LogP contribution in [0.5, 0.6) is 0 Å². The van der Waals surface area contributed by atoms with Gasteiger partial charge in [-0.05, 0) is 57.3 Å². The van der Waals surface area contributed by atoms with Crippen LogP contribution in [0.3, 0.4) is 0 Å². The molecule has 0 saturated heterocycles. The van der Waals surface area contributed by atoms with Gasteiger partial charge in [0.1, 0.15) is 11.4 Å². The van der Waals surface area contributed by atoms with Gasteiger partial charge >= 0.3 is 6.09 Å². The number of amides is 1. The average molecular weight is 349 g/mol. The fraction of sp³-hybridized carbons (Fsp3) is 0.562. The first-order valence-corrected chi connectivity index (χ1v) is 8.63. The van der Waals surface area contributed by atoms with Crippen molar-refractivity contribution in [2.75, 3.05) is 12.0 Å². The molecule has 3 nitrogen and oxygen atoms in total. The molecule has 23 heavy (non-hydrogen) atoms.